The molecule has 12 heteroatoms. The second kappa shape index (κ2) is 6.74. The molecule has 0 spiro atoms. The smallest absolute Gasteiger partial charge is 0.369 e. The lowest BCUT2D eigenvalue weighted by molar-refractivity contribution is 0.129. The van der Waals surface area contributed by atoms with Crippen LogP contribution < -0.4 is 5.44 Å². The number of nitrogens with zero attached hydrogens (tertiary/aromatic N) is 2. The Morgan fingerprint density at radius 1 is 1.30 bits per heavy atom. The summed E-state index contributed by atoms with van der Waals surface area (Å²) in [5.74, 6) is -1.21. The molecule has 4 N–H and O–H groups in total. The van der Waals surface area contributed by atoms with Crippen molar-refractivity contribution in [3.8, 4) is 0 Å². The first-order valence-corrected chi connectivity index (χ1v) is 10.4. The zero-order chi connectivity index (χ0) is 17.4. The Hall–Kier alpha value is -0.570. The molecule has 128 valence electrons. The number of aryl methyl sites for hydroxylation is 1. The van der Waals surface area contributed by atoms with E-state index in [0.717, 1.165) is 0 Å². The summed E-state index contributed by atoms with van der Waals surface area (Å²) in [7, 11) is -7.58. The zero-order valence-electron chi connectivity index (χ0n) is 11.9. The van der Waals surface area contributed by atoms with Crippen molar-refractivity contribution in [3.05, 3.63) is 28.5 Å². The summed E-state index contributed by atoms with van der Waals surface area (Å²) in [5.41, 5.74) is 0.700. The molecule has 1 unspecified atom stereocenters. The largest absolute Gasteiger partial charge is 0.376 e. The molecule has 9 nitrogen and oxygen atoms in total. The molecule has 0 saturated heterocycles. The van der Waals surface area contributed by atoms with Gasteiger partial charge in [0.05, 0.1) is 0 Å². The maximum absolute atomic E-state index is 11.3. The average molecular weight is 429 g/mol. The van der Waals surface area contributed by atoms with Crippen molar-refractivity contribution in [3.63, 3.8) is 0 Å². The van der Waals surface area contributed by atoms with E-state index in [1.54, 1.807) is 12.3 Å². The number of methoxy groups -OCH3 is 1. The molecule has 0 bridgehead atoms. The van der Waals surface area contributed by atoms with E-state index < -0.39 is 21.0 Å². The van der Waals surface area contributed by atoms with Gasteiger partial charge < -0.3 is 28.7 Å². The van der Waals surface area contributed by atoms with E-state index in [1.807, 2.05) is 0 Å². The Morgan fingerprint density at radius 2 is 1.96 bits per heavy atom. The Balaban J connectivity index is 2.29. The molecule has 2 heterocycles. The topological polar surface area (TPSA) is 142 Å². The van der Waals surface area contributed by atoms with Crippen LogP contribution >= 0.6 is 31.1 Å². The van der Waals surface area contributed by atoms with Gasteiger partial charge in [-0.3, -0.25) is 9.13 Å². The highest BCUT2D eigenvalue weighted by molar-refractivity contribution is 9.10. The van der Waals surface area contributed by atoms with Crippen molar-refractivity contribution >= 4 is 42.2 Å². The van der Waals surface area contributed by atoms with Crippen LogP contribution in [0.1, 0.15) is 12.0 Å². The van der Waals surface area contributed by atoms with Crippen molar-refractivity contribution < 1.29 is 33.4 Å². The standard InChI is InChI=1S/C11H15BrN2O7P2/c1-21-11(23(18,19)20)3-2-7-5-14-6-10(22(15,16)17)13-9(14)4-8(7)12/h4-6,11H,2-3H2,1H3,(H2,15,16,17)(H2,18,19,20). The van der Waals surface area contributed by atoms with Crippen LogP contribution in [0.25, 0.3) is 5.65 Å². The fourth-order valence-corrected chi connectivity index (χ4v) is 3.82. The van der Waals surface area contributed by atoms with Gasteiger partial charge in [-0.15, -0.1) is 0 Å². The van der Waals surface area contributed by atoms with Gasteiger partial charge in [-0.1, -0.05) is 15.9 Å². The minimum absolute atomic E-state index is 0.0882. The van der Waals surface area contributed by atoms with Crippen LogP contribution in [0.3, 0.4) is 0 Å². The van der Waals surface area contributed by atoms with Crippen LogP contribution in [-0.4, -0.2) is 41.9 Å². The third kappa shape index (κ3) is 4.49. The molecule has 0 fully saturated rings. The number of halogens is 1. The van der Waals surface area contributed by atoms with E-state index in [1.165, 1.54) is 17.7 Å². The van der Waals surface area contributed by atoms with Gasteiger partial charge >= 0.3 is 15.2 Å². The van der Waals surface area contributed by atoms with E-state index >= 15 is 0 Å². The molecule has 0 aliphatic rings. The highest BCUT2D eigenvalue weighted by Crippen LogP contribution is 2.43. The molecule has 0 aliphatic carbocycles. The molecular formula is C11H15BrN2O7P2. The summed E-state index contributed by atoms with van der Waals surface area (Å²) in [6.07, 6.45) is 3.20. The van der Waals surface area contributed by atoms with Crippen molar-refractivity contribution in [1.82, 2.24) is 9.38 Å². The third-order valence-electron chi connectivity index (χ3n) is 3.21. The van der Waals surface area contributed by atoms with Crippen LogP contribution in [0.5, 0.6) is 0 Å². The number of rotatable bonds is 6. The summed E-state index contributed by atoms with van der Waals surface area (Å²) in [6, 6.07) is 1.58. The molecule has 1 atom stereocenters. The van der Waals surface area contributed by atoms with Gasteiger partial charge in [0.25, 0.3) is 0 Å². The maximum atomic E-state index is 11.3. The Morgan fingerprint density at radius 3 is 2.48 bits per heavy atom. The van der Waals surface area contributed by atoms with Crippen molar-refractivity contribution in [2.24, 2.45) is 0 Å². The molecule has 2 rings (SSSR count). The molecule has 0 amide bonds. The van der Waals surface area contributed by atoms with Gasteiger partial charge in [-0.2, -0.15) is 0 Å². The molecular weight excluding hydrogens is 414 g/mol. The fourth-order valence-electron chi connectivity index (χ4n) is 2.07. The molecule has 0 saturated carbocycles. The van der Waals surface area contributed by atoms with E-state index in [2.05, 4.69) is 20.9 Å². The quantitative estimate of drug-likeness (QED) is 0.498. The molecule has 0 aliphatic heterocycles. The molecule has 2 aromatic rings. The molecule has 23 heavy (non-hydrogen) atoms. The van der Waals surface area contributed by atoms with Crippen molar-refractivity contribution in [1.29, 1.82) is 0 Å². The van der Waals surface area contributed by atoms with Gasteiger partial charge in [0.1, 0.15) is 5.65 Å². The summed E-state index contributed by atoms with van der Waals surface area (Å²) in [6.45, 7) is 0. The van der Waals surface area contributed by atoms with E-state index in [9.17, 15) is 9.13 Å². The van der Waals surface area contributed by atoms with Crippen LogP contribution in [0.15, 0.2) is 22.9 Å². The minimum Gasteiger partial charge on any atom is -0.369 e. The Kier molecular flexibility index (Phi) is 5.50. The highest BCUT2D eigenvalue weighted by atomic mass is 79.9. The SMILES string of the molecule is COC(CCc1cn2cc(P(=O)(O)O)nc2cc1Br)P(=O)(O)O. The predicted molar refractivity (Wildman–Crippen MR) is 85.7 cm³/mol. The minimum atomic E-state index is -4.45. The summed E-state index contributed by atoms with van der Waals surface area (Å²) in [5, 5.41) is 0. The average Bonchev–Trinajstić information content (AvgIpc) is 2.80. The first-order chi connectivity index (χ1) is 10.5. The van der Waals surface area contributed by atoms with E-state index in [4.69, 9.17) is 24.3 Å². The lowest BCUT2D eigenvalue weighted by Gasteiger charge is -2.16. The number of aromatic nitrogens is 2. The van der Waals surface area contributed by atoms with Crippen LogP contribution in [0.2, 0.25) is 0 Å². The zero-order valence-corrected chi connectivity index (χ0v) is 15.3. The lowest BCUT2D eigenvalue weighted by atomic mass is 10.1. The first-order valence-electron chi connectivity index (χ1n) is 6.33. The predicted octanol–water partition coefficient (Wildman–Crippen LogP) is 0.983. The van der Waals surface area contributed by atoms with Gasteiger partial charge in [0, 0.05) is 24.0 Å². The van der Waals surface area contributed by atoms with Gasteiger partial charge in [-0.25, -0.2) is 4.98 Å². The number of pyridine rings is 1. The molecule has 2 aromatic heterocycles. The second-order valence-corrected chi connectivity index (χ2v) is 9.03. The van der Waals surface area contributed by atoms with Crippen molar-refractivity contribution in [2.45, 2.75) is 18.7 Å². The number of hydrogen-bond donors (Lipinski definition) is 4. The first kappa shape index (κ1) is 18.8. The third-order valence-corrected chi connectivity index (χ3v) is 5.98. The normalized spacial score (nSPS) is 14.3. The van der Waals surface area contributed by atoms with Gasteiger partial charge in [0.2, 0.25) is 0 Å². The van der Waals surface area contributed by atoms with Crippen LogP contribution in [0.4, 0.5) is 0 Å². The number of hydrogen-bond acceptors (Lipinski definition) is 4. The molecule has 0 aromatic carbocycles. The summed E-state index contributed by atoms with van der Waals surface area (Å²) in [4.78, 5) is 40.5. The Labute approximate surface area is 139 Å². The molecule has 0 radical (unpaired) electrons. The fraction of sp³-hybridized carbons (Fsp3) is 0.364. The highest BCUT2D eigenvalue weighted by Gasteiger charge is 2.28. The summed E-state index contributed by atoms with van der Waals surface area (Å²) < 4.78 is 29.4. The number of imidazole rings is 1. The van der Waals surface area contributed by atoms with Gasteiger partial charge in [-0.05, 0) is 24.5 Å². The van der Waals surface area contributed by atoms with Crippen molar-refractivity contribution in [2.75, 3.05) is 7.11 Å². The van der Waals surface area contributed by atoms with Crippen LogP contribution in [0, 0.1) is 0 Å². The van der Waals surface area contributed by atoms with E-state index in [0.29, 0.717) is 22.1 Å². The van der Waals surface area contributed by atoms with E-state index in [-0.39, 0.29) is 11.9 Å². The Bertz CT molecular complexity index is 812. The van der Waals surface area contributed by atoms with Crippen LogP contribution in [-0.2, 0) is 20.3 Å². The monoisotopic (exact) mass is 428 g/mol. The number of fused-ring (bicyclic) bond motifs is 1. The number of ether oxygens (including phenoxy) is 1. The maximum Gasteiger partial charge on any atom is 0.376 e. The summed E-state index contributed by atoms with van der Waals surface area (Å²) >= 11 is 3.32. The lowest BCUT2D eigenvalue weighted by Crippen LogP contribution is -2.12. The second-order valence-electron chi connectivity index (χ2n) is 4.87. The van der Waals surface area contributed by atoms with Gasteiger partial charge in [0.15, 0.2) is 11.3 Å².